The lowest BCUT2D eigenvalue weighted by Crippen LogP contribution is -1.76. The Labute approximate surface area is 61.8 Å². The molecule has 0 atom stereocenters. The van der Waals surface area contributed by atoms with Gasteiger partial charge >= 0.3 is 0 Å². The summed E-state index contributed by atoms with van der Waals surface area (Å²) in [5.41, 5.74) is 1.49. The van der Waals surface area contributed by atoms with E-state index in [2.05, 4.69) is 13.5 Å². The monoisotopic (exact) mass is 135 g/mol. The first-order valence-electron chi connectivity index (χ1n) is 2.99. The third-order valence-electron chi connectivity index (χ3n) is 0.932. The summed E-state index contributed by atoms with van der Waals surface area (Å²) < 4.78 is 0. The Morgan fingerprint density at radius 3 is 2.30 bits per heavy atom. The molecule has 0 heterocycles. The molecule has 0 spiro atoms. The molecule has 0 bridgehead atoms. The van der Waals surface area contributed by atoms with Crippen molar-refractivity contribution in [1.82, 2.24) is 0 Å². The fourth-order valence-corrected chi connectivity index (χ4v) is 0.394. The number of hydrogen-bond acceptors (Lipinski definition) is 1. The lowest BCUT2D eigenvalue weighted by Gasteiger charge is -1.86. The van der Waals surface area contributed by atoms with Crippen molar-refractivity contribution in [3.05, 3.63) is 42.9 Å². The number of allylic oxidation sites excluding steroid dienone is 5. The van der Waals surface area contributed by atoms with Crippen molar-refractivity contribution < 1.29 is 4.79 Å². The number of aldehydes is 1. The van der Waals surface area contributed by atoms with Gasteiger partial charge < -0.3 is 0 Å². The standard InChI is InChI=1S/C9H11O/c1-4-9(7-10)6-5-8(2)3/h4-7H,1-2H2,3H3/b6-5-,9-4?. The summed E-state index contributed by atoms with van der Waals surface area (Å²) in [7, 11) is 0. The van der Waals surface area contributed by atoms with Crippen LogP contribution in [0.3, 0.4) is 0 Å². The summed E-state index contributed by atoms with van der Waals surface area (Å²) in [4.78, 5) is 10.2. The predicted octanol–water partition coefficient (Wildman–Crippen LogP) is 2.08. The van der Waals surface area contributed by atoms with Gasteiger partial charge in [0, 0.05) is 5.57 Å². The SMILES string of the molecule is [CH2]C=C(C=O)/C=C\C(=C)C. The van der Waals surface area contributed by atoms with Gasteiger partial charge in [-0.3, -0.25) is 4.79 Å². The van der Waals surface area contributed by atoms with Crippen LogP contribution < -0.4 is 0 Å². The summed E-state index contributed by atoms with van der Waals surface area (Å²) >= 11 is 0. The Morgan fingerprint density at radius 1 is 1.40 bits per heavy atom. The van der Waals surface area contributed by atoms with Crippen LogP contribution in [0.4, 0.5) is 0 Å². The molecule has 0 aromatic carbocycles. The third-order valence-corrected chi connectivity index (χ3v) is 0.932. The van der Waals surface area contributed by atoms with Gasteiger partial charge in [-0.15, -0.1) is 0 Å². The molecule has 0 aliphatic rings. The van der Waals surface area contributed by atoms with Crippen LogP contribution in [0, 0.1) is 6.92 Å². The van der Waals surface area contributed by atoms with E-state index in [0.717, 1.165) is 11.9 Å². The average Bonchev–Trinajstić information content (AvgIpc) is 1.90. The molecule has 1 radical (unpaired) electrons. The Bertz CT molecular complexity index is 185. The van der Waals surface area contributed by atoms with Crippen molar-refractivity contribution in [2.45, 2.75) is 6.92 Å². The molecule has 0 aliphatic carbocycles. The topological polar surface area (TPSA) is 17.1 Å². The van der Waals surface area contributed by atoms with Crippen molar-refractivity contribution in [1.29, 1.82) is 0 Å². The van der Waals surface area contributed by atoms with Crippen molar-refractivity contribution in [2.24, 2.45) is 0 Å². The molecule has 0 N–H and O–H groups in total. The molecular formula is C9H11O. The minimum Gasteiger partial charge on any atom is -0.298 e. The Hall–Kier alpha value is -1.11. The van der Waals surface area contributed by atoms with Crippen molar-refractivity contribution in [3.8, 4) is 0 Å². The summed E-state index contributed by atoms with van der Waals surface area (Å²) in [6.07, 6.45) is 5.71. The van der Waals surface area contributed by atoms with E-state index in [1.54, 1.807) is 12.2 Å². The van der Waals surface area contributed by atoms with E-state index in [0.29, 0.717) is 5.57 Å². The van der Waals surface area contributed by atoms with E-state index in [1.807, 2.05) is 6.92 Å². The summed E-state index contributed by atoms with van der Waals surface area (Å²) in [5, 5.41) is 0. The van der Waals surface area contributed by atoms with Crippen LogP contribution in [0.5, 0.6) is 0 Å². The van der Waals surface area contributed by atoms with Crippen LogP contribution in [-0.2, 0) is 4.79 Å². The van der Waals surface area contributed by atoms with E-state index < -0.39 is 0 Å². The lowest BCUT2D eigenvalue weighted by molar-refractivity contribution is -0.104. The zero-order chi connectivity index (χ0) is 7.98. The molecule has 0 rings (SSSR count). The van der Waals surface area contributed by atoms with Gasteiger partial charge in [0.1, 0.15) is 6.29 Å². The fourth-order valence-electron chi connectivity index (χ4n) is 0.394. The van der Waals surface area contributed by atoms with Gasteiger partial charge in [0.15, 0.2) is 0 Å². The largest absolute Gasteiger partial charge is 0.298 e. The fraction of sp³-hybridized carbons (Fsp3) is 0.111. The van der Waals surface area contributed by atoms with Crippen LogP contribution in [0.25, 0.3) is 0 Å². The van der Waals surface area contributed by atoms with Gasteiger partial charge in [0.25, 0.3) is 0 Å². The molecule has 1 heteroatoms. The number of hydrogen-bond donors (Lipinski definition) is 0. The molecule has 0 aromatic heterocycles. The quantitative estimate of drug-likeness (QED) is 0.329. The normalized spacial score (nSPS) is 12.0. The minimum atomic E-state index is 0.572. The molecule has 0 saturated carbocycles. The van der Waals surface area contributed by atoms with E-state index >= 15 is 0 Å². The molecule has 1 nitrogen and oxygen atoms in total. The summed E-state index contributed by atoms with van der Waals surface area (Å²) in [5.74, 6) is 0. The number of carbonyl (C=O) groups excluding carboxylic acids is 1. The van der Waals surface area contributed by atoms with Crippen molar-refractivity contribution >= 4 is 6.29 Å². The van der Waals surface area contributed by atoms with Crippen molar-refractivity contribution in [3.63, 3.8) is 0 Å². The van der Waals surface area contributed by atoms with E-state index in [9.17, 15) is 4.79 Å². The van der Waals surface area contributed by atoms with Gasteiger partial charge in [0.05, 0.1) is 0 Å². The molecule has 0 saturated heterocycles. The van der Waals surface area contributed by atoms with Crippen LogP contribution >= 0.6 is 0 Å². The smallest absolute Gasteiger partial charge is 0.149 e. The number of rotatable bonds is 3. The van der Waals surface area contributed by atoms with Gasteiger partial charge in [-0.25, -0.2) is 0 Å². The maximum atomic E-state index is 10.2. The Morgan fingerprint density at radius 2 is 2.00 bits per heavy atom. The molecule has 0 aliphatic heterocycles. The second kappa shape index (κ2) is 4.74. The molecule has 0 fully saturated rings. The highest BCUT2D eigenvalue weighted by molar-refractivity contribution is 5.77. The highest BCUT2D eigenvalue weighted by Gasteiger charge is 1.82. The zero-order valence-corrected chi connectivity index (χ0v) is 6.13. The van der Waals surface area contributed by atoms with E-state index in [4.69, 9.17) is 0 Å². The zero-order valence-electron chi connectivity index (χ0n) is 6.13. The lowest BCUT2D eigenvalue weighted by atomic mass is 10.2. The predicted molar refractivity (Wildman–Crippen MR) is 43.5 cm³/mol. The minimum absolute atomic E-state index is 0.572. The second-order valence-electron chi connectivity index (χ2n) is 2.00. The highest BCUT2D eigenvalue weighted by atomic mass is 16.1. The van der Waals surface area contributed by atoms with Gasteiger partial charge in [-0.1, -0.05) is 30.4 Å². The van der Waals surface area contributed by atoms with Gasteiger partial charge in [0.2, 0.25) is 0 Å². The van der Waals surface area contributed by atoms with Crippen LogP contribution in [0.15, 0.2) is 36.0 Å². The molecule has 10 heavy (non-hydrogen) atoms. The first-order chi connectivity index (χ1) is 4.70. The van der Waals surface area contributed by atoms with E-state index in [-0.39, 0.29) is 0 Å². The van der Waals surface area contributed by atoms with E-state index in [1.165, 1.54) is 6.08 Å². The molecule has 0 aromatic rings. The first-order valence-corrected chi connectivity index (χ1v) is 2.99. The van der Waals surface area contributed by atoms with Gasteiger partial charge in [-0.05, 0) is 13.8 Å². The second-order valence-corrected chi connectivity index (χ2v) is 2.00. The Kier molecular flexibility index (Phi) is 4.21. The summed E-state index contributed by atoms with van der Waals surface area (Å²) in [6, 6.07) is 0. The summed E-state index contributed by atoms with van der Waals surface area (Å²) in [6.45, 7) is 8.97. The maximum Gasteiger partial charge on any atom is 0.149 e. The molecule has 0 amide bonds. The molecule has 53 valence electrons. The maximum absolute atomic E-state index is 10.2. The Balaban J connectivity index is 4.11. The third kappa shape index (κ3) is 3.84. The highest BCUT2D eigenvalue weighted by Crippen LogP contribution is 1.95. The number of carbonyl (C=O) groups is 1. The average molecular weight is 135 g/mol. The van der Waals surface area contributed by atoms with Crippen LogP contribution in [0.2, 0.25) is 0 Å². The van der Waals surface area contributed by atoms with Crippen LogP contribution in [-0.4, -0.2) is 6.29 Å². The molecule has 0 unspecified atom stereocenters. The first kappa shape index (κ1) is 8.89. The van der Waals surface area contributed by atoms with Crippen molar-refractivity contribution in [2.75, 3.05) is 0 Å². The molecular weight excluding hydrogens is 124 g/mol. The van der Waals surface area contributed by atoms with Gasteiger partial charge in [-0.2, -0.15) is 0 Å². The van der Waals surface area contributed by atoms with Crippen LogP contribution in [0.1, 0.15) is 6.92 Å².